The van der Waals surface area contributed by atoms with Gasteiger partial charge in [0.15, 0.2) is 0 Å². The van der Waals surface area contributed by atoms with Crippen LogP contribution in [0.1, 0.15) is 6.42 Å². The summed E-state index contributed by atoms with van der Waals surface area (Å²) in [4.78, 5) is 10.9. The van der Waals surface area contributed by atoms with Crippen molar-refractivity contribution in [3.8, 4) is 0 Å². The van der Waals surface area contributed by atoms with Crippen molar-refractivity contribution < 1.29 is 9.53 Å². The molecule has 0 saturated heterocycles. The van der Waals surface area contributed by atoms with Gasteiger partial charge in [-0.15, -0.1) is 0 Å². The Bertz CT molecular complexity index is 195. The van der Waals surface area contributed by atoms with Gasteiger partial charge in [-0.1, -0.05) is 12.2 Å². The van der Waals surface area contributed by atoms with Gasteiger partial charge in [-0.2, -0.15) is 0 Å². The molecule has 0 aromatic rings. The smallest absolute Gasteiger partial charge is 0.309 e. The van der Waals surface area contributed by atoms with Gasteiger partial charge in [0.05, 0.1) is 13.0 Å². The molecule has 0 aliphatic heterocycles. The van der Waals surface area contributed by atoms with E-state index in [1.807, 2.05) is 0 Å². The van der Waals surface area contributed by atoms with Crippen molar-refractivity contribution >= 4 is 5.97 Å². The molecule has 10 heavy (non-hydrogen) atoms. The summed E-state index contributed by atoms with van der Waals surface area (Å²) in [5, 5.41) is 0. The molecule has 0 spiro atoms. The maximum absolute atomic E-state index is 10.9. The van der Waals surface area contributed by atoms with Crippen LogP contribution in [-0.4, -0.2) is 13.1 Å². The maximum atomic E-state index is 10.9. The summed E-state index contributed by atoms with van der Waals surface area (Å²) in [5.41, 5.74) is 0. The quantitative estimate of drug-likeness (QED) is 0.399. The lowest BCUT2D eigenvalue weighted by atomic mass is 10.2. The van der Waals surface area contributed by atoms with Crippen molar-refractivity contribution in [3.63, 3.8) is 0 Å². The van der Waals surface area contributed by atoms with Crippen molar-refractivity contribution in [2.75, 3.05) is 7.11 Å². The first-order valence-corrected chi connectivity index (χ1v) is 3.59. The highest BCUT2D eigenvalue weighted by Crippen LogP contribution is 2.54. The van der Waals surface area contributed by atoms with Crippen LogP contribution < -0.4 is 0 Å². The normalized spacial score (nSPS) is 41.1. The summed E-state index contributed by atoms with van der Waals surface area (Å²) in [5.74, 6) is 1.29. The van der Waals surface area contributed by atoms with Crippen molar-refractivity contribution in [1.29, 1.82) is 0 Å². The highest BCUT2D eigenvalue weighted by atomic mass is 16.5. The number of carbonyl (C=O) groups is 1. The third-order valence-corrected chi connectivity index (χ3v) is 2.47. The fraction of sp³-hybridized carbons (Fsp3) is 0.625. The van der Waals surface area contributed by atoms with Crippen LogP contribution in [0.2, 0.25) is 0 Å². The van der Waals surface area contributed by atoms with E-state index in [0.717, 1.165) is 6.42 Å². The molecule has 0 radical (unpaired) electrons. The number of hydrogen-bond acceptors (Lipinski definition) is 2. The first-order valence-electron chi connectivity index (χ1n) is 3.59. The first kappa shape index (κ1) is 5.96. The molecule has 3 atom stereocenters. The minimum absolute atomic E-state index is 0.0284. The van der Waals surface area contributed by atoms with E-state index in [9.17, 15) is 4.79 Å². The Morgan fingerprint density at radius 2 is 2.50 bits per heavy atom. The van der Waals surface area contributed by atoms with Gasteiger partial charge in [-0.25, -0.2) is 0 Å². The van der Waals surface area contributed by atoms with E-state index in [2.05, 4.69) is 16.9 Å². The van der Waals surface area contributed by atoms with E-state index in [4.69, 9.17) is 0 Å². The molecule has 0 bridgehead atoms. The lowest BCUT2D eigenvalue weighted by Gasteiger charge is -1.95. The molecule has 0 amide bonds. The van der Waals surface area contributed by atoms with Crippen LogP contribution >= 0.6 is 0 Å². The number of rotatable bonds is 1. The number of ether oxygens (including phenoxy) is 1. The van der Waals surface area contributed by atoms with E-state index in [-0.39, 0.29) is 11.9 Å². The molecule has 0 aromatic heterocycles. The Kier molecular flexibility index (Phi) is 1.10. The van der Waals surface area contributed by atoms with Crippen LogP contribution in [0.4, 0.5) is 0 Å². The highest BCUT2D eigenvalue weighted by Gasteiger charge is 2.55. The molecule has 0 heterocycles. The largest absolute Gasteiger partial charge is 0.469 e. The number of allylic oxidation sites excluding steroid dienone is 2. The van der Waals surface area contributed by atoms with E-state index < -0.39 is 0 Å². The summed E-state index contributed by atoms with van der Waals surface area (Å²) < 4.78 is 4.64. The molecular formula is C8H10O2. The van der Waals surface area contributed by atoms with Gasteiger partial charge >= 0.3 is 5.97 Å². The zero-order valence-corrected chi connectivity index (χ0v) is 5.91. The zero-order valence-electron chi connectivity index (χ0n) is 5.91. The third kappa shape index (κ3) is 0.618. The molecule has 2 rings (SSSR count). The van der Waals surface area contributed by atoms with Gasteiger partial charge in [0.25, 0.3) is 0 Å². The van der Waals surface area contributed by atoms with E-state index >= 15 is 0 Å². The van der Waals surface area contributed by atoms with Crippen LogP contribution in [-0.2, 0) is 9.53 Å². The van der Waals surface area contributed by atoms with E-state index in [1.165, 1.54) is 7.11 Å². The molecule has 0 unspecified atom stereocenters. The van der Waals surface area contributed by atoms with Crippen molar-refractivity contribution in [3.05, 3.63) is 12.2 Å². The summed E-state index contributed by atoms with van der Waals surface area (Å²) in [7, 11) is 1.46. The molecule has 2 heteroatoms. The van der Waals surface area contributed by atoms with Gasteiger partial charge in [-0.05, 0) is 18.3 Å². The molecule has 1 fully saturated rings. The number of methoxy groups -OCH3 is 1. The second-order valence-electron chi connectivity index (χ2n) is 2.95. The van der Waals surface area contributed by atoms with Crippen LogP contribution in [0.25, 0.3) is 0 Å². The molecular weight excluding hydrogens is 128 g/mol. The van der Waals surface area contributed by atoms with Crippen LogP contribution in [0, 0.1) is 17.8 Å². The number of hydrogen-bond donors (Lipinski definition) is 0. The predicted molar refractivity (Wildman–Crippen MR) is 36.2 cm³/mol. The monoisotopic (exact) mass is 138 g/mol. The maximum Gasteiger partial charge on any atom is 0.309 e. The van der Waals surface area contributed by atoms with E-state index in [0.29, 0.717) is 11.8 Å². The minimum atomic E-state index is -0.0284. The fourth-order valence-corrected chi connectivity index (χ4v) is 1.83. The average Bonchev–Trinajstić information content (AvgIpc) is 2.43. The van der Waals surface area contributed by atoms with Crippen molar-refractivity contribution in [1.82, 2.24) is 0 Å². The van der Waals surface area contributed by atoms with Gasteiger partial charge in [0, 0.05) is 0 Å². The summed E-state index contributed by atoms with van der Waals surface area (Å²) >= 11 is 0. The molecule has 2 aliphatic carbocycles. The Hall–Kier alpha value is -0.790. The topological polar surface area (TPSA) is 26.3 Å². The second-order valence-corrected chi connectivity index (χ2v) is 2.95. The summed E-state index contributed by atoms with van der Waals surface area (Å²) in [6, 6.07) is 0. The Labute approximate surface area is 59.9 Å². The fourth-order valence-electron chi connectivity index (χ4n) is 1.83. The lowest BCUT2D eigenvalue weighted by Crippen LogP contribution is -2.05. The van der Waals surface area contributed by atoms with Gasteiger partial charge in [0.2, 0.25) is 0 Å². The summed E-state index contributed by atoms with van der Waals surface area (Å²) in [6.07, 6.45) is 5.35. The average molecular weight is 138 g/mol. The SMILES string of the molecule is COC(=O)[C@@H]1[C@H]2C=CC[C@H]21. The van der Waals surface area contributed by atoms with Crippen LogP contribution in [0.3, 0.4) is 0 Å². The molecule has 0 aromatic carbocycles. The Morgan fingerprint density at radius 1 is 1.70 bits per heavy atom. The summed E-state index contributed by atoms with van der Waals surface area (Å²) in [6.45, 7) is 0. The first-order chi connectivity index (χ1) is 4.84. The Morgan fingerprint density at radius 3 is 3.00 bits per heavy atom. The molecule has 1 saturated carbocycles. The van der Waals surface area contributed by atoms with Crippen LogP contribution in [0.15, 0.2) is 12.2 Å². The number of fused-ring (bicyclic) bond motifs is 1. The standard InChI is InChI=1S/C8H10O2/c1-10-8(9)7-5-3-2-4-6(5)7/h2-3,5-7H,4H2,1H3/t5-,6+,7+/m0/s1. The second kappa shape index (κ2) is 1.84. The molecule has 2 nitrogen and oxygen atoms in total. The van der Waals surface area contributed by atoms with Crippen molar-refractivity contribution in [2.24, 2.45) is 17.8 Å². The van der Waals surface area contributed by atoms with Gasteiger partial charge in [0.1, 0.15) is 0 Å². The third-order valence-electron chi connectivity index (χ3n) is 2.47. The van der Waals surface area contributed by atoms with Gasteiger partial charge in [-0.3, -0.25) is 4.79 Å². The van der Waals surface area contributed by atoms with Crippen LogP contribution in [0.5, 0.6) is 0 Å². The van der Waals surface area contributed by atoms with Crippen molar-refractivity contribution in [2.45, 2.75) is 6.42 Å². The predicted octanol–water partition coefficient (Wildman–Crippen LogP) is 0.981. The lowest BCUT2D eigenvalue weighted by molar-refractivity contribution is -0.142. The minimum Gasteiger partial charge on any atom is -0.469 e. The van der Waals surface area contributed by atoms with E-state index in [1.54, 1.807) is 0 Å². The van der Waals surface area contributed by atoms with Gasteiger partial charge < -0.3 is 4.74 Å². The Balaban J connectivity index is 2.01. The molecule has 54 valence electrons. The number of carbonyl (C=O) groups excluding carboxylic acids is 1. The molecule has 0 N–H and O–H groups in total. The molecule has 2 aliphatic rings. The number of esters is 1. The zero-order chi connectivity index (χ0) is 7.14. The highest BCUT2D eigenvalue weighted by molar-refractivity contribution is 5.77.